The van der Waals surface area contributed by atoms with E-state index < -0.39 is 0 Å². The molecule has 0 aliphatic carbocycles. The normalized spacial score (nSPS) is 15.3. The predicted octanol–water partition coefficient (Wildman–Crippen LogP) is 4.43. The number of amides is 1. The van der Waals surface area contributed by atoms with Crippen molar-refractivity contribution in [2.75, 3.05) is 30.0 Å². The highest BCUT2D eigenvalue weighted by Gasteiger charge is 2.26. The third-order valence-electron chi connectivity index (χ3n) is 5.77. The summed E-state index contributed by atoms with van der Waals surface area (Å²) in [7, 11) is 0. The topological polar surface area (TPSA) is 93.9 Å². The number of carbonyl (C=O) groups excluding carboxylic acids is 2. The average molecular weight is 458 g/mol. The number of benzene rings is 1. The van der Waals surface area contributed by atoms with E-state index in [9.17, 15) is 9.59 Å². The smallest absolute Gasteiger partial charge is 0.293 e. The van der Waals surface area contributed by atoms with Crippen LogP contribution in [0.3, 0.4) is 0 Å². The Hall–Kier alpha value is -2.87. The zero-order valence-corrected chi connectivity index (χ0v) is 20.0. The minimum atomic E-state index is -0.370. The SMILES string of the molecule is CCC(OC=O)c1ccc(N(CC(C)C)C2CCOCC2)c(NC(=O)Cc2cc(C)no2)c1. The van der Waals surface area contributed by atoms with Crippen molar-refractivity contribution in [3.05, 3.63) is 41.3 Å². The number of aromatic nitrogens is 1. The number of nitrogens with one attached hydrogen (secondary N) is 1. The molecule has 1 saturated heterocycles. The fourth-order valence-electron chi connectivity index (χ4n) is 4.27. The Morgan fingerprint density at radius 2 is 2.06 bits per heavy atom. The second-order valence-corrected chi connectivity index (χ2v) is 8.96. The minimum Gasteiger partial charge on any atom is -0.460 e. The largest absolute Gasteiger partial charge is 0.460 e. The number of ether oxygens (including phenoxy) is 2. The van der Waals surface area contributed by atoms with E-state index in [1.54, 1.807) is 6.07 Å². The van der Waals surface area contributed by atoms with E-state index in [1.165, 1.54) is 0 Å². The highest BCUT2D eigenvalue weighted by atomic mass is 16.5. The van der Waals surface area contributed by atoms with Gasteiger partial charge in [-0.3, -0.25) is 9.59 Å². The predicted molar refractivity (Wildman–Crippen MR) is 126 cm³/mol. The summed E-state index contributed by atoms with van der Waals surface area (Å²) in [4.78, 5) is 26.3. The molecule has 2 heterocycles. The molecule has 1 amide bonds. The first-order valence-electron chi connectivity index (χ1n) is 11.7. The van der Waals surface area contributed by atoms with Gasteiger partial charge in [-0.15, -0.1) is 0 Å². The van der Waals surface area contributed by atoms with Crippen molar-refractivity contribution in [1.82, 2.24) is 5.16 Å². The summed E-state index contributed by atoms with van der Waals surface area (Å²) in [6.45, 7) is 11.0. The quantitative estimate of drug-likeness (QED) is 0.499. The molecule has 0 spiro atoms. The molecule has 1 fully saturated rings. The maximum absolute atomic E-state index is 12.9. The van der Waals surface area contributed by atoms with Crippen molar-refractivity contribution in [2.45, 2.75) is 65.5 Å². The fourth-order valence-corrected chi connectivity index (χ4v) is 4.27. The van der Waals surface area contributed by atoms with Gasteiger partial charge in [0, 0.05) is 31.9 Å². The van der Waals surface area contributed by atoms with Gasteiger partial charge >= 0.3 is 0 Å². The van der Waals surface area contributed by atoms with E-state index in [2.05, 4.69) is 29.2 Å². The average Bonchev–Trinajstić information content (AvgIpc) is 3.20. The molecule has 1 aliphatic rings. The number of aryl methyl sites for hydroxylation is 1. The van der Waals surface area contributed by atoms with Gasteiger partial charge in [-0.1, -0.05) is 32.0 Å². The van der Waals surface area contributed by atoms with E-state index in [4.69, 9.17) is 14.0 Å². The van der Waals surface area contributed by atoms with Gasteiger partial charge in [0.15, 0.2) is 0 Å². The van der Waals surface area contributed by atoms with Gasteiger partial charge in [0.05, 0.1) is 23.5 Å². The molecule has 180 valence electrons. The summed E-state index contributed by atoms with van der Waals surface area (Å²) < 4.78 is 16.1. The first kappa shape index (κ1) is 24.8. The summed E-state index contributed by atoms with van der Waals surface area (Å²) in [6, 6.07) is 8.01. The third kappa shape index (κ3) is 6.81. The first-order valence-corrected chi connectivity index (χ1v) is 11.7. The van der Waals surface area contributed by atoms with Gasteiger partial charge in [-0.25, -0.2) is 0 Å². The number of carbonyl (C=O) groups is 2. The summed E-state index contributed by atoms with van der Waals surface area (Å²) >= 11 is 0. The number of nitrogens with zero attached hydrogens (tertiary/aromatic N) is 2. The third-order valence-corrected chi connectivity index (χ3v) is 5.77. The van der Waals surface area contributed by atoms with Gasteiger partial charge in [0.2, 0.25) is 5.91 Å². The van der Waals surface area contributed by atoms with Crippen LogP contribution in [0.2, 0.25) is 0 Å². The molecule has 3 rings (SSSR count). The van der Waals surface area contributed by atoms with Crippen LogP contribution in [-0.4, -0.2) is 43.3 Å². The minimum absolute atomic E-state index is 0.0913. The molecular formula is C25H35N3O5. The molecular weight excluding hydrogens is 422 g/mol. The van der Waals surface area contributed by atoms with E-state index >= 15 is 0 Å². The Morgan fingerprint density at radius 1 is 1.30 bits per heavy atom. The number of hydrogen-bond acceptors (Lipinski definition) is 7. The molecule has 8 heteroatoms. The molecule has 0 radical (unpaired) electrons. The lowest BCUT2D eigenvalue weighted by Gasteiger charge is -2.38. The van der Waals surface area contributed by atoms with E-state index in [-0.39, 0.29) is 18.4 Å². The van der Waals surface area contributed by atoms with E-state index in [0.717, 1.165) is 49.5 Å². The van der Waals surface area contributed by atoms with Gasteiger partial charge < -0.3 is 24.2 Å². The molecule has 1 atom stereocenters. The summed E-state index contributed by atoms with van der Waals surface area (Å²) in [5, 5.41) is 6.94. The molecule has 1 unspecified atom stereocenters. The number of rotatable bonds is 11. The number of anilines is 2. The van der Waals surface area contributed by atoms with Crippen LogP contribution < -0.4 is 10.2 Å². The van der Waals surface area contributed by atoms with E-state index in [1.807, 2.05) is 32.0 Å². The molecule has 1 aromatic carbocycles. The standard InChI is InChI=1S/C25H35N3O5/c1-5-24(32-16-29)19-6-7-23(28(15-17(2)3)20-8-10-31-11-9-20)22(13-19)26-25(30)14-21-12-18(4)27-33-21/h6-7,12-13,16-17,20,24H,5,8-11,14-15H2,1-4H3,(H,26,30). The van der Waals surface area contributed by atoms with Gasteiger partial charge in [-0.05, 0) is 49.8 Å². The fraction of sp³-hybridized carbons (Fsp3) is 0.560. The molecule has 1 aromatic heterocycles. The highest BCUT2D eigenvalue weighted by Crippen LogP contribution is 2.35. The zero-order chi connectivity index (χ0) is 23.8. The van der Waals surface area contributed by atoms with Crippen molar-refractivity contribution in [1.29, 1.82) is 0 Å². The van der Waals surface area contributed by atoms with Crippen LogP contribution in [0.5, 0.6) is 0 Å². The Morgan fingerprint density at radius 3 is 2.67 bits per heavy atom. The van der Waals surface area contributed by atoms with Crippen LogP contribution in [0, 0.1) is 12.8 Å². The van der Waals surface area contributed by atoms with Crippen molar-refractivity contribution >= 4 is 23.8 Å². The van der Waals surface area contributed by atoms with Crippen LogP contribution in [-0.2, 0) is 25.5 Å². The maximum atomic E-state index is 12.9. The Bertz CT molecular complexity index is 921. The van der Waals surface area contributed by atoms with Gasteiger partial charge in [0.1, 0.15) is 11.9 Å². The van der Waals surface area contributed by atoms with Crippen molar-refractivity contribution in [2.24, 2.45) is 5.92 Å². The molecule has 1 aliphatic heterocycles. The molecule has 2 aromatic rings. The Balaban J connectivity index is 1.95. The first-order chi connectivity index (χ1) is 15.9. The van der Waals surface area contributed by atoms with Crippen LogP contribution in [0.1, 0.15) is 63.2 Å². The van der Waals surface area contributed by atoms with Crippen molar-refractivity contribution < 1.29 is 23.6 Å². The van der Waals surface area contributed by atoms with Crippen LogP contribution >= 0.6 is 0 Å². The number of hydrogen-bond donors (Lipinski definition) is 1. The summed E-state index contributed by atoms with van der Waals surface area (Å²) in [5.41, 5.74) is 3.24. The maximum Gasteiger partial charge on any atom is 0.293 e. The molecule has 8 nitrogen and oxygen atoms in total. The second-order valence-electron chi connectivity index (χ2n) is 8.96. The highest BCUT2D eigenvalue weighted by molar-refractivity contribution is 5.95. The Labute approximate surface area is 195 Å². The molecule has 33 heavy (non-hydrogen) atoms. The monoisotopic (exact) mass is 457 g/mol. The molecule has 1 N–H and O–H groups in total. The Kier molecular flexibility index (Phi) is 8.88. The van der Waals surface area contributed by atoms with Crippen molar-refractivity contribution in [3.8, 4) is 0 Å². The van der Waals surface area contributed by atoms with Gasteiger partial charge in [0.25, 0.3) is 6.47 Å². The van der Waals surface area contributed by atoms with Crippen LogP contribution in [0.25, 0.3) is 0 Å². The lowest BCUT2D eigenvalue weighted by molar-refractivity contribution is -0.134. The summed E-state index contributed by atoms with van der Waals surface area (Å²) in [5.74, 6) is 0.766. The van der Waals surface area contributed by atoms with Crippen molar-refractivity contribution in [3.63, 3.8) is 0 Å². The zero-order valence-electron chi connectivity index (χ0n) is 20.0. The van der Waals surface area contributed by atoms with Gasteiger partial charge in [-0.2, -0.15) is 0 Å². The molecule has 0 saturated carbocycles. The van der Waals surface area contributed by atoms with Crippen LogP contribution in [0.15, 0.2) is 28.8 Å². The summed E-state index contributed by atoms with van der Waals surface area (Å²) in [6.07, 6.45) is 2.23. The lowest BCUT2D eigenvalue weighted by Crippen LogP contribution is -2.42. The lowest BCUT2D eigenvalue weighted by atomic mass is 10.0. The second kappa shape index (κ2) is 11.8. The van der Waals surface area contributed by atoms with Crippen LogP contribution in [0.4, 0.5) is 11.4 Å². The molecule has 0 bridgehead atoms. The van der Waals surface area contributed by atoms with E-state index in [0.29, 0.717) is 36.3 Å².